The normalized spacial score (nSPS) is 18.8. The summed E-state index contributed by atoms with van der Waals surface area (Å²) in [5.41, 5.74) is 0.120. The van der Waals surface area contributed by atoms with Crippen LogP contribution >= 0.6 is 0 Å². The number of hydrogen-bond donors (Lipinski definition) is 2. The van der Waals surface area contributed by atoms with E-state index < -0.39 is 0 Å². The fourth-order valence-electron chi connectivity index (χ4n) is 2.05. The highest BCUT2D eigenvalue weighted by Crippen LogP contribution is 2.22. The van der Waals surface area contributed by atoms with Crippen molar-refractivity contribution in [3.63, 3.8) is 0 Å². The lowest BCUT2D eigenvalue weighted by Crippen LogP contribution is -2.42. The second-order valence-corrected chi connectivity index (χ2v) is 5.79. The van der Waals surface area contributed by atoms with Gasteiger partial charge in [0, 0.05) is 5.92 Å². The molecule has 0 radical (unpaired) electrons. The number of nitrogens with one attached hydrogen (secondary N) is 1. The molecule has 1 aliphatic rings. The van der Waals surface area contributed by atoms with Crippen molar-refractivity contribution in [1.82, 2.24) is 5.32 Å². The van der Waals surface area contributed by atoms with Crippen LogP contribution in [0.5, 0.6) is 0 Å². The molecule has 3 nitrogen and oxygen atoms in total. The Labute approximate surface area is 97.9 Å². The number of carbonyl (C=O) groups is 1. The molecule has 0 bridgehead atoms. The van der Waals surface area contributed by atoms with E-state index in [1.54, 1.807) is 0 Å². The van der Waals surface area contributed by atoms with E-state index >= 15 is 0 Å². The standard InChI is InChI=1S/C13H23NO2/c1-13(2,3)8-11(9-15)14-12(16)10-6-4-5-7-10/h4-5,10-11,15H,6-9H2,1-3H3,(H,14,16). The molecule has 0 fully saturated rings. The average Bonchev–Trinajstić information content (AvgIpc) is 2.67. The molecule has 1 atom stereocenters. The molecule has 92 valence electrons. The summed E-state index contributed by atoms with van der Waals surface area (Å²) in [6, 6.07) is -0.118. The molecule has 1 aliphatic carbocycles. The molecule has 0 spiro atoms. The first-order chi connectivity index (χ1) is 7.42. The van der Waals surface area contributed by atoms with E-state index in [0.717, 1.165) is 19.3 Å². The third kappa shape index (κ3) is 4.35. The minimum absolute atomic E-state index is 0.0170. The SMILES string of the molecule is CC(C)(C)CC(CO)NC(=O)C1CC=CC1. The molecule has 0 saturated heterocycles. The van der Waals surface area contributed by atoms with Gasteiger partial charge in [-0.15, -0.1) is 0 Å². The van der Waals surface area contributed by atoms with Gasteiger partial charge in [-0.3, -0.25) is 4.79 Å². The van der Waals surface area contributed by atoms with Crippen molar-refractivity contribution in [2.75, 3.05) is 6.61 Å². The van der Waals surface area contributed by atoms with Crippen LogP contribution in [-0.4, -0.2) is 23.7 Å². The van der Waals surface area contributed by atoms with E-state index in [9.17, 15) is 9.90 Å². The third-order valence-electron chi connectivity index (χ3n) is 2.80. The maximum Gasteiger partial charge on any atom is 0.224 e. The van der Waals surface area contributed by atoms with Gasteiger partial charge in [0.05, 0.1) is 12.6 Å². The summed E-state index contributed by atoms with van der Waals surface area (Å²) >= 11 is 0. The Hall–Kier alpha value is -0.830. The summed E-state index contributed by atoms with van der Waals surface area (Å²) < 4.78 is 0. The Morgan fingerprint density at radius 3 is 2.44 bits per heavy atom. The van der Waals surface area contributed by atoms with Gasteiger partial charge in [0.2, 0.25) is 5.91 Å². The van der Waals surface area contributed by atoms with Crippen molar-refractivity contribution in [3.8, 4) is 0 Å². The number of hydrogen-bond acceptors (Lipinski definition) is 2. The summed E-state index contributed by atoms with van der Waals surface area (Å²) in [5.74, 6) is 0.155. The van der Waals surface area contributed by atoms with Gasteiger partial charge >= 0.3 is 0 Å². The van der Waals surface area contributed by atoms with Gasteiger partial charge in [0.15, 0.2) is 0 Å². The van der Waals surface area contributed by atoms with Crippen molar-refractivity contribution in [2.45, 2.75) is 46.1 Å². The highest BCUT2D eigenvalue weighted by atomic mass is 16.3. The zero-order valence-corrected chi connectivity index (χ0v) is 10.5. The maximum atomic E-state index is 11.8. The number of carbonyl (C=O) groups excluding carboxylic acids is 1. The van der Waals surface area contributed by atoms with Crippen LogP contribution in [0.1, 0.15) is 40.0 Å². The lowest BCUT2D eigenvalue weighted by atomic mass is 9.88. The predicted molar refractivity (Wildman–Crippen MR) is 65.0 cm³/mol. The molecular weight excluding hydrogens is 202 g/mol. The molecule has 16 heavy (non-hydrogen) atoms. The van der Waals surface area contributed by atoms with Gasteiger partial charge in [0.25, 0.3) is 0 Å². The Morgan fingerprint density at radius 1 is 1.44 bits per heavy atom. The van der Waals surface area contributed by atoms with Gasteiger partial charge in [-0.2, -0.15) is 0 Å². The molecule has 3 heteroatoms. The molecule has 1 amide bonds. The second-order valence-electron chi connectivity index (χ2n) is 5.79. The lowest BCUT2D eigenvalue weighted by molar-refractivity contribution is -0.125. The van der Waals surface area contributed by atoms with Crippen LogP contribution in [0.2, 0.25) is 0 Å². The molecule has 1 unspecified atom stereocenters. The zero-order chi connectivity index (χ0) is 12.2. The first kappa shape index (κ1) is 13.2. The minimum atomic E-state index is -0.118. The highest BCUT2D eigenvalue weighted by Gasteiger charge is 2.24. The van der Waals surface area contributed by atoms with Crippen LogP contribution in [0.15, 0.2) is 12.2 Å². The van der Waals surface area contributed by atoms with E-state index in [1.807, 2.05) is 12.2 Å². The smallest absolute Gasteiger partial charge is 0.224 e. The van der Waals surface area contributed by atoms with Crippen molar-refractivity contribution in [3.05, 3.63) is 12.2 Å². The van der Waals surface area contributed by atoms with Gasteiger partial charge in [-0.25, -0.2) is 0 Å². The van der Waals surface area contributed by atoms with E-state index in [1.165, 1.54) is 0 Å². The van der Waals surface area contributed by atoms with Gasteiger partial charge in [-0.05, 0) is 24.7 Å². The van der Waals surface area contributed by atoms with Crippen LogP contribution in [0, 0.1) is 11.3 Å². The van der Waals surface area contributed by atoms with Crippen LogP contribution in [0.4, 0.5) is 0 Å². The number of rotatable bonds is 4. The molecule has 2 N–H and O–H groups in total. The number of amides is 1. The maximum absolute atomic E-state index is 11.8. The summed E-state index contributed by atoms with van der Waals surface area (Å²) in [7, 11) is 0. The Balaban J connectivity index is 2.40. The van der Waals surface area contributed by atoms with Crippen LogP contribution in [-0.2, 0) is 4.79 Å². The molecule has 0 aromatic rings. The Kier molecular flexibility index (Phi) is 4.54. The second kappa shape index (κ2) is 5.48. The molecule has 0 aromatic carbocycles. The van der Waals surface area contributed by atoms with Crippen LogP contribution in [0.25, 0.3) is 0 Å². The highest BCUT2D eigenvalue weighted by molar-refractivity contribution is 5.79. The Bertz CT molecular complexity index is 258. The first-order valence-electron chi connectivity index (χ1n) is 5.98. The number of allylic oxidation sites excluding steroid dienone is 2. The van der Waals surface area contributed by atoms with Crippen molar-refractivity contribution in [1.29, 1.82) is 0 Å². The van der Waals surface area contributed by atoms with Crippen LogP contribution < -0.4 is 5.32 Å². The minimum Gasteiger partial charge on any atom is -0.394 e. The zero-order valence-electron chi connectivity index (χ0n) is 10.5. The van der Waals surface area contributed by atoms with Gasteiger partial charge in [-0.1, -0.05) is 32.9 Å². The summed E-state index contributed by atoms with van der Waals surface area (Å²) in [5, 5.41) is 12.2. The van der Waals surface area contributed by atoms with Gasteiger partial charge < -0.3 is 10.4 Å². The average molecular weight is 225 g/mol. The van der Waals surface area contributed by atoms with Crippen molar-refractivity contribution < 1.29 is 9.90 Å². The van der Waals surface area contributed by atoms with Crippen molar-refractivity contribution in [2.24, 2.45) is 11.3 Å². The predicted octanol–water partition coefficient (Wildman–Crippen LogP) is 1.87. The topological polar surface area (TPSA) is 49.3 Å². The lowest BCUT2D eigenvalue weighted by Gasteiger charge is -2.26. The molecule has 0 saturated carbocycles. The molecule has 1 rings (SSSR count). The van der Waals surface area contributed by atoms with Crippen LogP contribution in [0.3, 0.4) is 0 Å². The summed E-state index contributed by atoms with van der Waals surface area (Å²) in [4.78, 5) is 11.8. The fraction of sp³-hybridized carbons (Fsp3) is 0.769. The molecule has 0 heterocycles. The van der Waals surface area contributed by atoms with E-state index in [4.69, 9.17) is 0 Å². The number of aliphatic hydroxyl groups excluding tert-OH is 1. The van der Waals surface area contributed by atoms with E-state index in [-0.39, 0.29) is 29.9 Å². The van der Waals surface area contributed by atoms with Crippen molar-refractivity contribution >= 4 is 5.91 Å². The Morgan fingerprint density at radius 2 is 2.00 bits per heavy atom. The monoisotopic (exact) mass is 225 g/mol. The molecule has 0 aliphatic heterocycles. The summed E-state index contributed by atoms with van der Waals surface area (Å²) in [6.07, 6.45) is 6.55. The first-order valence-corrected chi connectivity index (χ1v) is 5.98. The molecular formula is C13H23NO2. The quantitative estimate of drug-likeness (QED) is 0.718. The van der Waals surface area contributed by atoms with Gasteiger partial charge in [0.1, 0.15) is 0 Å². The van der Waals surface area contributed by atoms with E-state index in [2.05, 4.69) is 26.1 Å². The molecule has 0 aromatic heterocycles. The summed E-state index contributed by atoms with van der Waals surface area (Å²) in [6.45, 7) is 6.35. The van der Waals surface area contributed by atoms with E-state index in [0.29, 0.717) is 0 Å². The fourth-order valence-corrected chi connectivity index (χ4v) is 2.05. The third-order valence-corrected chi connectivity index (χ3v) is 2.80. The number of aliphatic hydroxyl groups is 1. The largest absolute Gasteiger partial charge is 0.394 e.